The Hall–Kier alpha value is -0.880. The van der Waals surface area contributed by atoms with Gasteiger partial charge in [0.25, 0.3) is 0 Å². The van der Waals surface area contributed by atoms with Gasteiger partial charge >= 0.3 is 5.97 Å². The van der Waals surface area contributed by atoms with Crippen molar-refractivity contribution in [2.24, 2.45) is 0 Å². The lowest BCUT2D eigenvalue weighted by Gasteiger charge is -2.12. The van der Waals surface area contributed by atoms with E-state index in [-0.39, 0.29) is 11.8 Å². The molecule has 0 fully saturated rings. The van der Waals surface area contributed by atoms with Gasteiger partial charge in [0.15, 0.2) is 0 Å². The Labute approximate surface area is 90.1 Å². The van der Waals surface area contributed by atoms with Crippen LogP contribution in [0.5, 0.6) is 0 Å². The molecule has 0 radical (unpaired) electrons. The van der Waals surface area contributed by atoms with Crippen molar-refractivity contribution in [3.63, 3.8) is 0 Å². The summed E-state index contributed by atoms with van der Waals surface area (Å²) in [6.07, 6.45) is 2.27. The minimum atomic E-state index is -2.99. The van der Waals surface area contributed by atoms with Crippen LogP contribution in [-0.2, 0) is 14.6 Å². The Morgan fingerprint density at radius 1 is 1.53 bits per heavy atom. The molecule has 6 heteroatoms. The van der Waals surface area contributed by atoms with Crippen LogP contribution in [0.2, 0.25) is 0 Å². The maximum atomic E-state index is 10.9. The molecule has 5 nitrogen and oxygen atoms in total. The Balaban J connectivity index is 4.02. The molecule has 0 aromatic rings. The van der Waals surface area contributed by atoms with E-state index in [1.165, 1.54) is 6.26 Å². The molecule has 2 N–H and O–H groups in total. The number of hydrogen-bond donors (Lipinski definition) is 2. The van der Waals surface area contributed by atoms with Gasteiger partial charge in [0, 0.05) is 24.9 Å². The molecule has 0 aliphatic rings. The lowest BCUT2D eigenvalue weighted by Crippen LogP contribution is -2.33. The van der Waals surface area contributed by atoms with Crippen LogP contribution in [0.4, 0.5) is 0 Å². The number of nitrogens with one attached hydrogen (secondary N) is 1. The Morgan fingerprint density at radius 2 is 2.07 bits per heavy atom. The van der Waals surface area contributed by atoms with Gasteiger partial charge in [-0.05, 0) is 13.8 Å². The molecule has 0 spiro atoms. The zero-order valence-electron chi connectivity index (χ0n) is 9.15. The maximum Gasteiger partial charge on any atom is 0.328 e. The van der Waals surface area contributed by atoms with Crippen LogP contribution in [0.1, 0.15) is 13.8 Å². The van der Waals surface area contributed by atoms with E-state index in [1.807, 2.05) is 0 Å². The largest absolute Gasteiger partial charge is 0.478 e. The molecule has 0 aromatic carbocycles. The third-order valence-electron chi connectivity index (χ3n) is 1.65. The molecule has 1 unspecified atom stereocenters. The molecule has 0 aromatic heterocycles. The summed E-state index contributed by atoms with van der Waals surface area (Å²) in [5.74, 6) is -0.946. The quantitative estimate of drug-likeness (QED) is 0.635. The second-order valence-corrected chi connectivity index (χ2v) is 5.89. The topological polar surface area (TPSA) is 83.5 Å². The average molecular weight is 235 g/mol. The third kappa shape index (κ3) is 9.42. The van der Waals surface area contributed by atoms with Crippen molar-refractivity contribution >= 4 is 15.8 Å². The maximum absolute atomic E-state index is 10.9. The molecule has 0 heterocycles. The normalized spacial score (nSPS) is 15.0. The zero-order chi connectivity index (χ0) is 12.1. The lowest BCUT2D eigenvalue weighted by atomic mass is 10.2. The van der Waals surface area contributed by atoms with Crippen molar-refractivity contribution in [1.29, 1.82) is 0 Å². The van der Waals surface area contributed by atoms with Gasteiger partial charge in [-0.3, -0.25) is 0 Å². The predicted molar refractivity (Wildman–Crippen MR) is 58.6 cm³/mol. The fourth-order valence-corrected chi connectivity index (χ4v) is 2.14. The number of sulfone groups is 1. The smallest absolute Gasteiger partial charge is 0.328 e. The number of rotatable bonds is 6. The van der Waals surface area contributed by atoms with E-state index in [2.05, 4.69) is 5.32 Å². The summed E-state index contributed by atoms with van der Waals surface area (Å²) in [6.45, 7) is 3.80. The molecule has 0 saturated heterocycles. The van der Waals surface area contributed by atoms with Gasteiger partial charge in [-0.2, -0.15) is 0 Å². The first kappa shape index (κ1) is 14.1. The standard InChI is InChI=1S/C9H17NO4S/c1-7(4-9(11)12)5-10-8(2)6-15(3,13)14/h4,8,10H,5-6H2,1-3H3,(H,11,12). The van der Waals surface area contributed by atoms with Gasteiger partial charge in [0.05, 0.1) is 5.75 Å². The number of aliphatic carboxylic acids is 1. The van der Waals surface area contributed by atoms with Crippen LogP contribution < -0.4 is 5.32 Å². The molecule has 0 amide bonds. The summed E-state index contributed by atoms with van der Waals surface area (Å²) in [5, 5.41) is 11.4. The van der Waals surface area contributed by atoms with Crippen molar-refractivity contribution in [2.45, 2.75) is 19.9 Å². The third-order valence-corrected chi connectivity index (χ3v) is 2.76. The fraction of sp³-hybridized carbons (Fsp3) is 0.667. The van der Waals surface area contributed by atoms with E-state index in [9.17, 15) is 13.2 Å². The van der Waals surface area contributed by atoms with E-state index in [0.29, 0.717) is 12.1 Å². The molecule has 0 saturated carbocycles. The van der Waals surface area contributed by atoms with Gasteiger partial charge in [-0.25, -0.2) is 13.2 Å². The van der Waals surface area contributed by atoms with Crippen LogP contribution in [0.15, 0.2) is 11.6 Å². The molecular weight excluding hydrogens is 218 g/mol. The van der Waals surface area contributed by atoms with Crippen molar-refractivity contribution in [2.75, 3.05) is 18.6 Å². The molecule has 1 atom stereocenters. The predicted octanol–water partition coefficient (Wildman–Crippen LogP) is 0.0400. The average Bonchev–Trinajstić information content (AvgIpc) is 1.96. The molecule has 15 heavy (non-hydrogen) atoms. The van der Waals surface area contributed by atoms with Crippen LogP contribution in [0.25, 0.3) is 0 Å². The second-order valence-electron chi connectivity index (χ2n) is 3.70. The van der Waals surface area contributed by atoms with Crippen molar-refractivity contribution in [1.82, 2.24) is 5.32 Å². The summed E-state index contributed by atoms with van der Waals surface area (Å²) < 4.78 is 21.8. The Kier molecular flexibility index (Phi) is 5.53. The molecule has 88 valence electrons. The molecule has 0 bridgehead atoms. The van der Waals surface area contributed by atoms with Gasteiger partial charge in [0.1, 0.15) is 9.84 Å². The highest BCUT2D eigenvalue weighted by Gasteiger charge is 2.09. The summed E-state index contributed by atoms with van der Waals surface area (Å²) in [6, 6.07) is -0.183. The van der Waals surface area contributed by atoms with Gasteiger partial charge < -0.3 is 10.4 Å². The molecule has 0 rings (SSSR count). The molecule has 0 aliphatic heterocycles. The van der Waals surface area contributed by atoms with Gasteiger partial charge in [-0.1, -0.05) is 5.57 Å². The van der Waals surface area contributed by atoms with Crippen molar-refractivity contribution < 1.29 is 18.3 Å². The van der Waals surface area contributed by atoms with Crippen LogP contribution in [0, 0.1) is 0 Å². The molecular formula is C9H17NO4S. The number of carbonyl (C=O) groups is 1. The first-order valence-electron chi connectivity index (χ1n) is 4.52. The molecule has 0 aliphatic carbocycles. The summed E-state index contributed by atoms with van der Waals surface area (Å²) in [5.41, 5.74) is 0.655. The van der Waals surface area contributed by atoms with Crippen LogP contribution in [-0.4, -0.2) is 44.1 Å². The minimum Gasteiger partial charge on any atom is -0.478 e. The Bertz CT molecular complexity index is 345. The van der Waals surface area contributed by atoms with E-state index in [1.54, 1.807) is 13.8 Å². The monoisotopic (exact) mass is 235 g/mol. The summed E-state index contributed by atoms with van der Waals surface area (Å²) >= 11 is 0. The SMILES string of the molecule is CC(=CC(=O)O)CNC(C)CS(C)(=O)=O. The number of carboxylic acids is 1. The second kappa shape index (κ2) is 5.87. The highest BCUT2D eigenvalue weighted by Crippen LogP contribution is 1.94. The first-order valence-corrected chi connectivity index (χ1v) is 6.58. The van der Waals surface area contributed by atoms with Crippen LogP contribution >= 0.6 is 0 Å². The van der Waals surface area contributed by atoms with Gasteiger partial charge in [0.2, 0.25) is 0 Å². The highest BCUT2D eigenvalue weighted by molar-refractivity contribution is 7.90. The first-order chi connectivity index (χ1) is 6.70. The van der Waals surface area contributed by atoms with E-state index in [4.69, 9.17) is 5.11 Å². The Morgan fingerprint density at radius 3 is 2.47 bits per heavy atom. The van der Waals surface area contributed by atoms with E-state index >= 15 is 0 Å². The number of hydrogen-bond acceptors (Lipinski definition) is 4. The van der Waals surface area contributed by atoms with Gasteiger partial charge in [-0.15, -0.1) is 0 Å². The summed E-state index contributed by atoms with van der Waals surface area (Å²) in [7, 11) is -2.99. The lowest BCUT2D eigenvalue weighted by molar-refractivity contribution is -0.131. The van der Waals surface area contributed by atoms with E-state index in [0.717, 1.165) is 6.08 Å². The van der Waals surface area contributed by atoms with Crippen molar-refractivity contribution in [3.8, 4) is 0 Å². The van der Waals surface area contributed by atoms with Crippen LogP contribution in [0.3, 0.4) is 0 Å². The summed E-state index contributed by atoms with van der Waals surface area (Å²) in [4.78, 5) is 10.3. The van der Waals surface area contributed by atoms with E-state index < -0.39 is 15.8 Å². The zero-order valence-corrected chi connectivity index (χ0v) is 9.97. The van der Waals surface area contributed by atoms with Crippen molar-refractivity contribution in [3.05, 3.63) is 11.6 Å². The fourth-order valence-electron chi connectivity index (χ4n) is 1.11. The minimum absolute atomic E-state index is 0.0490. The number of carboxylic acid groups (broad SMARTS) is 1. The highest BCUT2D eigenvalue weighted by atomic mass is 32.2.